The molecule has 0 saturated heterocycles. The van der Waals surface area contributed by atoms with Crippen LogP contribution in [0.15, 0.2) is 24.3 Å². The molecule has 1 aliphatic rings. The molecule has 1 saturated carbocycles. The largest absolute Gasteiger partial charge is 0.272 e. The Balaban J connectivity index is 2.25. The van der Waals surface area contributed by atoms with Crippen molar-refractivity contribution in [1.29, 1.82) is 0 Å². The summed E-state index contributed by atoms with van der Waals surface area (Å²) in [6.45, 7) is 0. The lowest BCUT2D eigenvalue weighted by Crippen LogP contribution is -2.24. The Labute approximate surface area is 117 Å². The molecule has 0 spiro atoms. The van der Waals surface area contributed by atoms with E-state index in [4.69, 9.17) is 0 Å². The minimum atomic E-state index is -0.279. The summed E-state index contributed by atoms with van der Waals surface area (Å²) in [4.78, 5) is 11.6. The van der Waals surface area contributed by atoms with E-state index in [2.05, 4.69) is 31.9 Å². The molecule has 3 unspecified atom stereocenters. The van der Waals surface area contributed by atoms with Crippen molar-refractivity contribution in [3.05, 3.63) is 39.9 Å². The highest BCUT2D eigenvalue weighted by atomic mass is 79.9. The van der Waals surface area contributed by atoms with Gasteiger partial charge in [-0.3, -0.25) is 10.1 Å². The summed E-state index contributed by atoms with van der Waals surface area (Å²) in [6.07, 6.45) is 3.00. The van der Waals surface area contributed by atoms with E-state index < -0.39 is 0 Å². The van der Waals surface area contributed by atoms with Crippen molar-refractivity contribution in [2.75, 3.05) is 0 Å². The molecule has 1 aliphatic carbocycles. The zero-order valence-corrected chi connectivity index (χ0v) is 12.4. The number of nitro benzene ring substituents is 1. The highest BCUT2D eigenvalue weighted by molar-refractivity contribution is 9.12. The fourth-order valence-corrected chi connectivity index (χ4v) is 3.56. The van der Waals surface area contributed by atoms with Crippen molar-refractivity contribution in [1.82, 2.24) is 0 Å². The van der Waals surface area contributed by atoms with Crippen LogP contribution in [-0.4, -0.2) is 14.6 Å². The predicted molar refractivity (Wildman–Crippen MR) is 75.1 cm³/mol. The molecule has 0 aromatic heterocycles. The minimum absolute atomic E-state index is 0.255. The minimum Gasteiger partial charge on any atom is -0.258 e. The first-order valence-electron chi connectivity index (χ1n) is 5.61. The number of alkyl halides is 2. The monoisotopic (exact) mass is 361 g/mol. The van der Waals surface area contributed by atoms with Crippen LogP contribution in [0, 0.1) is 10.1 Å². The van der Waals surface area contributed by atoms with Gasteiger partial charge in [0.25, 0.3) is 5.69 Å². The Morgan fingerprint density at radius 2 is 1.88 bits per heavy atom. The fourth-order valence-electron chi connectivity index (χ4n) is 2.36. The van der Waals surface area contributed by atoms with E-state index in [0.717, 1.165) is 24.8 Å². The second kappa shape index (κ2) is 5.48. The van der Waals surface area contributed by atoms with Gasteiger partial charge in [-0.25, -0.2) is 0 Å². The Kier molecular flexibility index (Phi) is 4.20. The van der Waals surface area contributed by atoms with E-state index in [1.54, 1.807) is 12.1 Å². The van der Waals surface area contributed by atoms with Crippen LogP contribution in [0.1, 0.15) is 30.7 Å². The Hall–Kier alpha value is -0.420. The van der Waals surface area contributed by atoms with Crippen molar-refractivity contribution in [2.45, 2.75) is 34.8 Å². The summed E-state index contributed by atoms with van der Waals surface area (Å²) in [5.41, 5.74) is 1.13. The van der Waals surface area contributed by atoms with Crippen molar-refractivity contribution in [3.8, 4) is 0 Å². The van der Waals surface area contributed by atoms with E-state index in [-0.39, 0.29) is 16.5 Å². The molecule has 0 heterocycles. The predicted octanol–water partition coefficient (Wildman–Crippen LogP) is 4.39. The molecule has 5 heteroatoms. The highest BCUT2D eigenvalue weighted by Gasteiger charge is 2.31. The number of hydrogen-bond acceptors (Lipinski definition) is 2. The van der Waals surface area contributed by atoms with Gasteiger partial charge in [0.1, 0.15) is 0 Å². The normalized spacial score (nSPS) is 28.9. The molecule has 2 rings (SSSR count). The summed E-state index contributed by atoms with van der Waals surface area (Å²) in [6, 6.07) is 7.09. The smallest absolute Gasteiger partial charge is 0.258 e. The molecule has 1 fully saturated rings. The van der Waals surface area contributed by atoms with Gasteiger partial charge in [-0.15, -0.1) is 0 Å². The third-order valence-corrected chi connectivity index (χ3v) is 6.08. The van der Waals surface area contributed by atoms with Gasteiger partial charge in [0.2, 0.25) is 0 Å². The lowest BCUT2D eigenvalue weighted by atomic mass is 9.83. The van der Waals surface area contributed by atoms with Gasteiger partial charge in [0, 0.05) is 21.3 Å². The molecule has 0 radical (unpaired) electrons. The molecule has 0 bridgehead atoms. The maximum atomic E-state index is 11.0. The van der Waals surface area contributed by atoms with Gasteiger partial charge in [0.15, 0.2) is 0 Å². The molecular formula is C12H13Br2NO2. The molecule has 1 aromatic rings. The van der Waals surface area contributed by atoms with Crippen molar-refractivity contribution in [2.24, 2.45) is 0 Å². The molecule has 92 valence electrons. The average molecular weight is 363 g/mol. The van der Waals surface area contributed by atoms with E-state index in [1.165, 1.54) is 0 Å². The standard InChI is InChI=1S/C12H13Br2NO2/c13-10-6-5-8(7-11(10)14)9-3-1-2-4-12(9)15(16)17/h1-4,8,10-11H,5-7H2. The molecule has 0 aliphatic heterocycles. The first kappa shape index (κ1) is 13.0. The van der Waals surface area contributed by atoms with Crippen LogP contribution in [0.5, 0.6) is 0 Å². The lowest BCUT2D eigenvalue weighted by Gasteiger charge is -2.29. The molecule has 3 nitrogen and oxygen atoms in total. The van der Waals surface area contributed by atoms with Gasteiger partial charge < -0.3 is 0 Å². The lowest BCUT2D eigenvalue weighted by molar-refractivity contribution is -0.385. The maximum Gasteiger partial charge on any atom is 0.272 e. The summed E-state index contributed by atoms with van der Waals surface area (Å²) in [5, 5.41) is 11.0. The summed E-state index contributed by atoms with van der Waals surface area (Å²) >= 11 is 7.26. The quantitative estimate of drug-likeness (QED) is 0.445. The van der Waals surface area contributed by atoms with Crippen molar-refractivity contribution < 1.29 is 4.92 Å². The van der Waals surface area contributed by atoms with Crippen LogP contribution >= 0.6 is 31.9 Å². The third-order valence-electron chi connectivity index (χ3n) is 3.27. The molecular weight excluding hydrogens is 350 g/mol. The fraction of sp³-hybridized carbons (Fsp3) is 0.500. The van der Waals surface area contributed by atoms with Gasteiger partial charge in [-0.1, -0.05) is 50.1 Å². The molecule has 1 aromatic carbocycles. The molecule has 0 N–H and O–H groups in total. The third kappa shape index (κ3) is 2.88. The number of rotatable bonds is 2. The SMILES string of the molecule is O=[N+]([O-])c1ccccc1C1CCC(Br)C(Br)C1. The van der Waals surface area contributed by atoms with E-state index in [9.17, 15) is 10.1 Å². The number of nitro groups is 1. The number of hydrogen-bond donors (Lipinski definition) is 0. The van der Waals surface area contributed by atoms with Crippen LogP contribution in [-0.2, 0) is 0 Å². The van der Waals surface area contributed by atoms with Crippen LogP contribution in [0.3, 0.4) is 0 Å². The molecule has 3 atom stereocenters. The van der Waals surface area contributed by atoms with Gasteiger partial charge >= 0.3 is 0 Å². The second-order valence-corrected chi connectivity index (χ2v) is 6.71. The Bertz CT molecular complexity index is 425. The van der Waals surface area contributed by atoms with Crippen LogP contribution in [0.25, 0.3) is 0 Å². The number of halogens is 2. The van der Waals surface area contributed by atoms with Crippen LogP contribution in [0.4, 0.5) is 5.69 Å². The first-order chi connectivity index (χ1) is 8.09. The molecule has 0 amide bonds. The van der Waals surface area contributed by atoms with Crippen molar-refractivity contribution >= 4 is 37.5 Å². The topological polar surface area (TPSA) is 43.1 Å². The maximum absolute atomic E-state index is 11.0. The Morgan fingerprint density at radius 1 is 1.18 bits per heavy atom. The molecule has 17 heavy (non-hydrogen) atoms. The van der Waals surface area contributed by atoms with Crippen molar-refractivity contribution in [3.63, 3.8) is 0 Å². The summed E-state index contributed by atoms with van der Waals surface area (Å²) in [5.74, 6) is 0.287. The zero-order valence-electron chi connectivity index (χ0n) is 9.18. The Morgan fingerprint density at radius 3 is 2.53 bits per heavy atom. The zero-order chi connectivity index (χ0) is 12.4. The van der Waals surface area contributed by atoms with Crippen LogP contribution < -0.4 is 0 Å². The number of nitrogens with zero attached hydrogens (tertiary/aromatic N) is 1. The summed E-state index contributed by atoms with van der Waals surface area (Å²) in [7, 11) is 0. The van der Waals surface area contributed by atoms with E-state index in [0.29, 0.717) is 9.65 Å². The highest BCUT2D eigenvalue weighted by Crippen LogP contribution is 2.41. The van der Waals surface area contributed by atoms with E-state index >= 15 is 0 Å². The number of para-hydroxylation sites is 1. The first-order valence-corrected chi connectivity index (χ1v) is 7.44. The van der Waals surface area contributed by atoms with Gasteiger partial charge in [-0.2, -0.15) is 0 Å². The van der Waals surface area contributed by atoms with Gasteiger partial charge in [0.05, 0.1) is 4.92 Å². The average Bonchev–Trinajstić information content (AvgIpc) is 2.32. The van der Waals surface area contributed by atoms with E-state index in [1.807, 2.05) is 12.1 Å². The number of benzene rings is 1. The van der Waals surface area contributed by atoms with Crippen LogP contribution in [0.2, 0.25) is 0 Å². The van der Waals surface area contributed by atoms with Gasteiger partial charge in [-0.05, 0) is 25.2 Å². The summed E-state index contributed by atoms with van der Waals surface area (Å²) < 4.78 is 0. The second-order valence-electron chi connectivity index (χ2n) is 4.36.